The molecule has 1 aromatic rings. The van der Waals surface area contributed by atoms with E-state index >= 15 is 0 Å². The van der Waals surface area contributed by atoms with E-state index in [1.54, 1.807) is 0 Å². The van der Waals surface area contributed by atoms with Crippen molar-refractivity contribution in [2.45, 2.75) is 25.3 Å². The van der Waals surface area contributed by atoms with Gasteiger partial charge in [0.25, 0.3) is 0 Å². The lowest BCUT2D eigenvalue weighted by Crippen LogP contribution is -2.36. The number of amides is 1. The van der Waals surface area contributed by atoms with Crippen LogP contribution in [0.1, 0.15) is 18.4 Å². The maximum atomic E-state index is 13.3. The molecule has 1 amide bonds. The number of carbonyl (C=O) groups excluding carboxylic acids is 1. The zero-order chi connectivity index (χ0) is 13.1. The Morgan fingerprint density at radius 3 is 2.56 bits per heavy atom. The van der Waals surface area contributed by atoms with Gasteiger partial charge in [-0.2, -0.15) is 5.26 Å². The first-order valence-corrected chi connectivity index (χ1v) is 5.73. The van der Waals surface area contributed by atoms with Gasteiger partial charge in [-0.1, -0.05) is 6.07 Å². The summed E-state index contributed by atoms with van der Waals surface area (Å²) < 4.78 is 26.6. The monoisotopic (exact) mass is 250 g/mol. The van der Waals surface area contributed by atoms with Crippen LogP contribution in [0.5, 0.6) is 0 Å². The summed E-state index contributed by atoms with van der Waals surface area (Å²) in [5.74, 6) is -1.84. The van der Waals surface area contributed by atoms with E-state index in [9.17, 15) is 13.6 Å². The number of benzene rings is 1. The zero-order valence-corrected chi connectivity index (χ0v) is 9.62. The summed E-state index contributed by atoms with van der Waals surface area (Å²) in [6.07, 6.45) is 1.43. The van der Waals surface area contributed by atoms with Gasteiger partial charge in [0.2, 0.25) is 5.91 Å². The van der Waals surface area contributed by atoms with Crippen LogP contribution in [0.15, 0.2) is 18.2 Å². The minimum absolute atomic E-state index is 0.185. The second-order valence-corrected chi connectivity index (χ2v) is 4.39. The number of carbonyl (C=O) groups is 1. The third-order valence-electron chi connectivity index (χ3n) is 2.95. The van der Waals surface area contributed by atoms with Gasteiger partial charge in [0.15, 0.2) is 0 Å². The summed E-state index contributed by atoms with van der Waals surface area (Å²) >= 11 is 0. The van der Waals surface area contributed by atoms with Gasteiger partial charge in [0.05, 0.1) is 12.5 Å². The number of hydrogen-bond acceptors (Lipinski definition) is 2. The highest BCUT2D eigenvalue weighted by Crippen LogP contribution is 2.32. The molecule has 0 bridgehead atoms. The minimum atomic E-state index is -0.745. The molecule has 0 heterocycles. The molecule has 18 heavy (non-hydrogen) atoms. The zero-order valence-electron chi connectivity index (χ0n) is 9.62. The highest BCUT2D eigenvalue weighted by molar-refractivity contribution is 5.79. The van der Waals surface area contributed by atoms with Gasteiger partial charge >= 0.3 is 0 Å². The third kappa shape index (κ3) is 2.83. The largest absolute Gasteiger partial charge is 0.340 e. The fourth-order valence-electron chi connectivity index (χ4n) is 1.77. The van der Waals surface area contributed by atoms with E-state index in [2.05, 4.69) is 5.32 Å². The van der Waals surface area contributed by atoms with Crippen LogP contribution >= 0.6 is 0 Å². The Bertz CT molecular complexity index is 486. The van der Waals surface area contributed by atoms with Crippen molar-refractivity contribution in [1.82, 2.24) is 5.32 Å². The van der Waals surface area contributed by atoms with Crippen molar-refractivity contribution in [3.05, 3.63) is 35.4 Å². The molecule has 1 fully saturated rings. The lowest BCUT2D eigenvalue weighted by atomic mass is 10.1. The van der Waals surface area contributed by atoms with Gasteiger partial charge < -0.3 is 5.32 Å². The molecule has 2 rings (SSSR count). The maximum absolute atomic E-state index is 13.3. The van der Waals surface area contributed by atoms with Crippen LogP contribution in [0.2, 0.25) is 0 Å². The summed E-state index contributed by atoms with van der Waals surface area (Å²) in [7, 11) is 0. The summed E-state index contributed by atoms with van der Waals surface area (Å²) in [5.41, 5.74) is -0.262. The first kappa shape index (κ1) is 12.5. The molecule has 3 nitrogen and oxygen atoms in total. The van der Waals surface area contributed by atoms with Crippen molar-refractivity contribution in [2.24, 2.45) is 5.92 Å². The predicted octanol–water partition coefficient (Wildman–Crippen LogP) is 1.93. The molecule has 94 valence electrons. The van der Waals surface area contributed by atoms with Crippen LogP contribution in [-0.2, 0) is 11.2 Å². The Morgan fingerprint density at radius 1 is 1.44 bits per heavy atom. The second kappa shape index (κ2) is 5.13. The Kier molecular flexibility index (Phi) is 3.56. The summed E-state index contributed by atoms with van der Waals surface area (Å²) in [5, 5.41) is 11.3. The van der Waals surface area contributed by atoms with Gasteiger partial charge in [-0.3, -0.25) is 4.79 Å². The van der Waals surface area contributed by atoms with E-state index in [4.69, 9.17) is 5.26 Å². The first-order valence-electron chi connectivity index (χ1n) is 5.73. The molecule has 0 radical (unpaired) electrons. The van der Waals surface area contributed by atoms with Crippen molar-refractivity contribution >= 4 is 5.91 Å². The van der Waals surface area contributed by atoms with Crippen LogP contribution in [-0.4, -0.2) is 11.9 Å². The summed E-state index contributed by atoms with van der Waals surface area (Å²) in [4.78, 5) is 11.6. The summed E-state index contributed by atoms with van der Waals surface area (Å²) in [6.45, 7) is 0. The Morgan fingerprint density at radius 2 is 2.06 bits per heavy atom. The molecule has 1 saturated carbocycles. The number of hydrogen-bond donors (Lipinski definition) is 1. The van der Waals surface area contributed by atoms with E-state index in [1.165, 1.54) is 6.07 Å². The van der Waals surface area contributed by atoms with Gasteiger partial charge in [0.1, 0.15) is 17.7 Å². The Labute approximate surface area is 103 Å². The van der Waals surface area contributed by atoms with Crippen LogP contribution in [0.25, 0.3) is 0 Å². The van der Waals surface area contributed by atoms with Crippen LogP contribution in [0, 0.1) is 28.9 Å². The van der Waals surface area contributed by atoms with E-state index < -0.39 is 23.6 Å². The average molecular weight is 250 g/mol. The van der Waals surface area contributed by atoms with Crippen LogP contribution in [0.4, 0.5) is 8.78 Å². The van der Waals surface area contributed by atoms with Gasteiger partial charge in [-0.25, -0.2) is 8.78 Å². The molecule has 1 atom stereocenters. The SMILES string of the molecule is N#CC(NC(=O)Cc1c(F)cccc1F)C1CC1. The van der Waals surface area contributed by atoms with E-state index in [0.717, 1.165) is 25.0 Å². The third-order valence-corrected chi connectivity index (χ3v) is 2.95. The van der Waals surface area contributed by atoms with E-state index in [-0.39, 0.29) is 17.9 Å². The molecule has 0 spiro atoms. The van der Waals surface area contributed by atoms with E-state index in [1.807, 2.05) is 6.07 Å². The quantitative estimate of drug-likeness (QED) is 0.887. The first-order chi connectivity index (χ1) is 8.61. The maximum Gasteiger partial charge on any atom is 0.225 e. The molecule has 1 aliphatic rings. The van der Waals surface area contributed by atoms with Gasteiger partial charge in [-0.15, -0.1) is 0 Å². The highest BCUT2D eigenvalue weighted by atomic mass is 19.1. The second-order valence-electron chi connectivity index (χ2n) is 4.39. The van der Waals surface area contributed by atoms with Crippen molar-refractivity contribution in [3.8, 4) is 6.07 Å². The normalized spacial score (nSPS) is 15.8. The Balaban J connectivity index is 2.01. The van der Waals surface area contributed by atoms with Gasteiger partial charge in [-0.05, 0) is 30.9 Å². The predicted molar refractivity (Wildman–Crippen MR) is 60.3 cm³/mol. The van der Waals surface area contributed by atoms with Crippen molar-refractivity contribution in [3.63, 3.8) is 0 Å². The Hall–Kier alpha value is -1.96. The highest BCUT2D eigenvalue weighted by Gasteiger charge is 2.32. The van der Waals surface area contributed by atoms with E-state index in [0.29, 0.717) is 0 Å². The molecular formula is C13H12F2N2O. The number of nitrogens with one attached hydrogen (secondary N) is 1. The van der Waals surface area contributed by atoms with Crippen LogP contribution in [0.3, 0.4) is 0 Å². The fourth-order valence-corrected chi connectivity index (χ4v) is 1.77. The molecule has 1 aromatic carbocycles. The van der Waals surface area contributed by atoms with Crippen LogP contribution < -0.4 is 5.32 Å². The lowest BCUT2D eigenvalue weighted by Gasteiger charge is -2.11. The molecule has 0 aromatic heterocycles. The lowest BCUT2D eigenvalue weighted by molar-refractivity contribution is -0.121. The molecule has 0 aliphatic heterocycles. The fraction of sp³-hybridized carbons (Fsp3) is 0.385. The number of halogens is 2. The average Bonchev–Trinajstić information content (AvgIpc) is 3.15. The van der Waals surface area contributed by atoms with Crippen molar-refractivity contribution in [1.29, 1.82) is 5.26 Å². The van der Waals surface area contributed by atoms with Crippen molar-refractivity contribution in [2.75, 3.05) is 0 Å². The molecule has 5 heteroatoms. The number of nitriles is 1. The molecular weight excluding hydrogens is 238 g/mol. The van der Waals surface area contributed by atoms with Gasteiger partial charge in [0, 0.05) is 5.56 Å². The minimum Gasteiger partial charge on any atom is -0.340 e. The number of nitrogens with zero attached hydrogens (tertiary/aromatic N) is 1. The number of rotatable bonds is 4. The topological polar surface area (TPSA) is 52.9 Å². The standard InChI is InChI=1S/C13H12F2N2O/c14-10-2-1-3-11(15)9(10)6-13(18)17-12(7-16)8-4-5-8/h1-3,8,12H,4-6H2,(H,17,18). The summed E-state index contributed by atoms with van der Waals surface area (Å²) in [6, 6.07) is 4.90. The van der Waals surface area contributed by atoms with Crippen molar-refractivity contribution < 1.29 is 13.6 Å². The molecule has 0 saturated heterocycles. The smallest absolute Gasteiger partial charge is 0.225 e. The molecule has 1 N–H and O–H groups in total. The molecule has 1 unspecified atom stereocenters. The molecule has 1 aliphatic carbocycles.